The van der Waals surface area contributed by atoms with E-state index in [0.717, 1.165) is 5.19 Å². The fourth-order valence-electron chi connectivity index (χ4n) is 1.84. The minimum atomic E-state index is -1.86. The summed E-state index contributed by atoms with van der Waals surface area (Å²) in [6.07, 6.45) is -1.43. The normalized spacial score (nSPS) is 14.3. The molecular formula is C14H22O3Si. The number of carbonyl (C=O) groups is 1. The molecule has 2 N–H and O–H groups in total. The van der Waals surface area contributed by atoms with Gasteiger partial charge in [0.25, 0.3) is 0 Å². The molecule has 0 aliphatic heterocycles. The van der Waals surface area contributed by atoms with Gasteiger partial charge >= 0.3 is 5.97 Å². The number of carboxylic acids is 1. The number of hydrogen-bond acceptors (Lipinski definition) is 2. The topological polar surface area (TPSA) is 57.5 Å². The van der Waals surface area contributed by atoms with Gasteiger partial charge in [0.2, 0.25) is 0 Å². The first-order valence-electron chi connectivity index (χ1n) is 6.09. The van der Waals surface area contributed by atoms with Crippen molar-refractivity contribution < 1.29 is 15.0 Å². The molecule has 1 aromatic rings. The zero-order chi connectivity index (χ0) is 14.1. The van der Waals surface area contributed by atoms with Crippen molar-refractivity contribution >= 4 is 19.2 Å². The minimum Gasteiger partial charge on any atom is -0.479 e. The highest BCUT2D eigenvalue weighted by Gasteiger charge is 2.39. The Bertz CT molecular complexity index is 447. The average molecular weight is 266 g/mol. The smallest absolute Gasteiger partial charge is 0.337 e. The molecule has 0 amide bonds. The fourth-order valence-corrected chi connectivity index (χ4v) is 4.10. The summed E-state index contributed by atoms with van der Waals surface area (Å²) in [5.41, 5.74) is 0.539. The number of rotatable bonds is 3. The maximum atomic E-state index is 11.0. The Balaban J connectivity index is 3.39. The van der Waals surface area contributed by atoms with Crippen LogP contribution in [0.25, 0.3) is 0 Å². The van der Waals surface area contributed by atoms with Gasteiger partial charge in [0.05, 0.1) is 8.07 Å². The molecule has 1 rings (SSSR count). The molecule has 100 valence electrons. The lowest BCUT2D eigenvalue weighted by Crippen LogP contribution is -2.51. The molecule has 4 heteroatoms. The van der Waals surface area contributed by atoms with Crippen LogP contribution in [0.3, 0.4) is 0 Å². The van der Waals surface area contributed by atoms with Crippen LogP contribution in [-0.4, -0.2) is 24.3 Å². The zero-order valence-corrected chi connectivity index (χ0v) is 12.7. The number of aliphatic hydroxyl groups is 1. The average Bonchev–Trinajstić information content (AvgIpc) is 2.26. The summed E-state index contributed by atoms with van der Waals surface area (Å²) in [4.78, 5) is 11.0. The van der Waals surface area contributed by atoms with E-state index >= 15 is 0 Å². The van der Waals surface area contributed by atoms with Crippen molar-refractivity contribution in [1.82, 2.24) is 0 Å². The Kier molecular flexibility index (Phi) is 4.03. The van der Waals surface area contributed by atoms with Gasteiger partial charge in [0.15, 0.2) is 6.10 Å². The minimum absolute atomic E-state index is 0.0985. The van der Waals surface area contributed by atoms with Gasteiger partial charge in [-0.1, -0.05) is 63.3 Å². The Hall–Kier alpha value is -1.13. The van der Waals surface area contributed by atoms with E-state index in [-0.39, 0.29) is 5.04 Å². The molecule has 0 unspecified atom stereocenters. The molecule has 1 aromatic carbocycles. The van der Waals surface area contributed by atoms with E-state index in [0.29, 0.717) is 5.56 Å². The molecule has 0 saturated carbocycles. The van der Waals surface area contributed by atoms with Crippen LogP contribution in [0.5, 0.6) is 0 Å². The molecule has 0 heterocycles. The van der Waals surface area contributed by atoms with Gasteiger partial charge in [-0.3, -0.25) is 0 Å². The van der Waals surface area contributed by atoms with E-state index in [4.69, 9.17) is 5.11 Å². The Morgan fingerprint density at radius 1 is 1.22 bits per heavy atom. The quantitative estimate of drug-likeness (QED) is 0.827. The predicted molar refractivity (Wildman–Crippen MR) is 75.9 cm³/mol. The van der Waals surface area contributed by atoms with Crippen molar-refractivity contribution in [3.8, 4) is 0 Å². The molecule has 0 fully saturated rings. The van der Waals surface area contributed by atoms with E-state index in [2.05, 4.69) is 33.9 Å². The molecule has 0 radical (unpaired) electrons. The SMILES string of the molecule is CC(C)(C)[Si](C)(C)c1ccccc1[C@@H](O)C(=O)O. The number of carboxylic acid groups (broad SMARTS) is 1. The van der Waals surface area contributed by atoms with Crippen LogP contribution in [-0.2, 0) is 4.79 Å². The Labute approximate surface area is 109 Å². The highest BCUT2D eigenvalue weighted by atomic mass is 28.3. The molecule has 0 aliphatic rings. The van der Waals surface area contributed by atoms with E-state index in [1.54, 1.807) is 12.1 Å². The first-order valence-corrected chi connectivity index (χ1v) is 9.09. The van der Waals surface area contributed by atoms with Crippen molar-refractivity contribution in [1.29, 1.82) is 0 Å². The second-order valence-electron chi connectivity index (χ2n) is 6.20. The highest BCUT2D eigenvalue weighted by molar-refractivity contribution is 6.92. The molecule has 0 saturated heterocycles. The third-order valence-electron chi connectivity index (χ3n) is 4.04. The van der Waals surface area contributed by atoms with Crippen LogP contribution < -0.4 is 5.19 Å². The van der Waals surface area contributed by atoms with Gasteiger partial charge in [0.1, 0.15) is 0 Å². The van der Waals surface area contributed by atoms with E-state index in [1.807, 2.05) is 12.1 Å². The van der Waals surface area contributed by atoms with Crippen LogP contribution in [0.15, 0.2) is 24.3 Å². The largest absolute Gasteiger partial charge is 0.479 e. The van der Waals surface area contributed by atoms with Gasteiger partial charge in [-0.25, -0.2) is 4.79 Å². The number of aliphatic carboxylic acids is 1. The van der Waals surface area contributed by atoms with E-state index in [1.165, 1.54) is 0 Å². The van der Waals surface area contributed by atoms with Crippen molar-refractivity contribution in [2.24, 2.45) is 0 Å². The monoisotopic (exact) mass is 266 g/mol. The van der Waals surface area contributed by atoms with E-state index in [9.17, 15) is 9.90 Å². The fraction of sp³-hybridized carbons (Fsp3) is 0.500. The van der Waals surface area contributed by atoms with Gasteiger partial charge < -0.3 is 10.2 Å². The van der Waals surface area contributed by atoms with Crippen LogP contribution >= 0.6 is 0 Å². The molecule has 0 aromatic heterocycles. The summed E-state index contributed by atoms with van der Waals surface area (Å²) in [6, 6.07) is 7.36. The predicted octanol–water partition coefficient (Wildman–Crippen LogP) is 2.52. The first-order chi connectivity index (χ1) is 8.09. The second-order valence-corrected chi connectivity index (χ2v) is 11.5. The summed E-state index contributed by atoms with van der Waals surface area (Å²) in [5.74, 6) is -1.19. The molecule has 18 heavy (non-hydrogen) atoms. The summed E-state index contributed by atoms with van der Waals surface area (Å²) in [5, 5.41) is 19.9. The summed E-state index contributed by atoms with van der Waals surface area (Å²) < 4.78 is 0. The van der Waals surface area contributed by atoms with Crippen LogP contribution in [0.2, 0.25) is 18.1 Å². The molecule has 0 aliphatic carbocycles. The van der Waals surface area contributed by atoms with E-state index < -0.39 is 20.1 Å². The molecule has 0 bridgehead atoms. The van der Waals surface area contributed by atoms with Gasteiger partial charge in [-0.2, -0.15) is 0 Å². The maximum Gasteiger partial charge on any atom is 0.337 e. The summed E-state index contributed by atoms with van der Waals surface area (Å²) in [7, 11) is -1.86. The van der Waals surface area contributed by atoms with Gasteiger partial charge in [-0.05, 0) is 10.6 Å². The number of aliphatic hydroxyl groups excluding tert-OH is 1. The Morgan fingerprint density at radius 2 is 1.72 bits per heavy atom. The molecular weight excluding hydrogens is 244 g/mol. The number of benzene rings is 1. The maximum absolute atomic E-state index is 11.0. The lowest BCUT2D eigenvalue weighted by atomic mass is 10.1. The van der Waals surface area contributed by atoms with Crippen molar-refractivity contribution in [3.05, 3.63) is 29.8 Å². The van der Waals surface area contributed by atoms with Gasteiger partial charge in [-0.15, -0.1) is 0 Å². The molecule has 3 nitrogen and oxygen atoms in total. The third kappa shape index (κ3) is 2.65. The molecule has 0 spiro atoms. The standard InChI is InChI=1S/C14H22O3Si/c1-14(2,3)18(4,5)11-9-7-6-8-10(11)12(15)13(16)17/h6-9,12,15H,1-5H3,(H,16,17)/t12-/m1/s1. The highest BCUT2D eigenvalue weighted by Crippen LogP contribution is 2.36. The van der Waals surface area contributed by atoms with Crippen LogP contribution in [0.4, 0.5) is 0 Å². The van der Waals surface area contributed by atoms with Gasteiger partial charge in [0, 0.05) is 0 Å². The van der Waals surface area contributed by atoms with Crippen molar-refractivity contribution in [2.75, 3.05) is 0 Å². The summed E-state index contributed by atoms with van der Waals surface area (Å²) in [6.45, 7) is 10.9. The van der Waals surface area contributed by atoms with Crippen molar-refractivity contribution in [3.63, 3.8) is 0 Å². The Morgan fingerprint density at radius 3 is 2.17 bits per heavy atom. The second kappa shape index (κ2) is 4.86. The van der Waals surface area contributed by atoms with Crippen molar-refractivity contribution in [2.45, 2.75) is 45.0 Å². The number of hydrogen-bond donors (Lipinski definition) is 2. The lowest BCUT2D eigenvalue weighted by molar-refractivity contribution is -0.146. The van der Waals surface area contributed by atoms with Crippen LogP contribution in [0.1, 0.15) is 32.4 Å². The first kappa shape index (κ1) is 14.9. The molecule has 1 atom stereocenters. The summed E-state index contributed by atoms with van der Waals surface area (Å²) >= 11 is 0. The lowest BCUT2D eigenvalue weighted by Gasteiger charge is -2.39. The zero-order valence-electron chi connectivity index (χ0n) is 11.7. The third-order valence-corrected chi connectivity index (χ3v) is 9.59. The van der Waals surface area contributed by atoms with Crippen LogP contribution in [0, 0.1) is 0 Å².